The number of ether oxygens (including phenoxy) is 1. The molecule has 2 aromatic rings. The first-order valence-electron chi connectivity index (χ1n) is 8.91. The van der Waals surface area contributed by atoms with Gasteiger partial charge in [0, 0.05) is 17.0 Å². The summed E-state index contributed by atoms with van der Waals surface area (Å²) >= 11 is 1.54. The highest BCUT2D eigenvalue weighted by atomic mass is 32.1. The van der Waals surface area contributed by atoms with Crippen molar-refractivity contribution in [3.05, 3.63) is 23.1 Å². The number of unbranched alkanes of at least 4 members (excludes halogenated alkanes) is 2. The molecule has 0 saturated heterocycles. The zero-order valence-electron chi connectivity index (χ0n) is 14.8. The van der Waals surface area contributed by atoms with Gasteiger partial charge < -0.3 is 15.4 Å². The van der Waals surface area contributed by atoms with Gasteiger partial charge in [-0.2, -0.15) is 0 Å². The number of hydrogen-bond donors (Lipinski definition) is 1. The number of rotatable bonds is 6. The smallest absolute Gasteiger partial charge is 0.180 e. The summed E-state index contributed by atoms with van der Waals surface area (Å²) < 4.78 is 6.16. The molecule has 130 valence electrons. The number of anilines is 2. The molecule has 2 N–H and O–H groups in total. The van der Waals surface area contributed by atoms with Crippen molar-refractivity contribution >= 4 is 22.2 Å². The van der Waals surface area contributed by atoms with Gasteiger partial charge in [0.15, 0.2) is 5.13 Å². The van der Waals surface area contributed by atoms with Gasteiger partial charge in [-0.3, -0.25) is 0 Å². The molecular weight excluding hydrogens is 318 g/mol. The number of nitrogens with two attached hydrogens (primary N) is 1. The van der Waals surface area contributed by atoms with Gasteiger partial charge in [-0.1, -0.05) is 26.7 Å². The Morgan fingerprint density at radius 3 is 2.83 bits per heavy atom. The van der Waals surface area contributed by atoms with E-state index < -0.39 is 0 Å². The summed E-state index contributed by atoms with van der Waals surface area (Å²) in [6, 6.07) is 6.41. The van der Waals surface area contributed by atoms with Crippen molar-refractivity contribution < 1.29 is 4.74 Å². The molecule has 4 nitrogen and oxygen atoms in total. The van der Waals surface area contributed by atoms with Gasteiger partial charge in [-0.25, -0.2) is 4.98 Å². The van der Waals surface area contributed by atoms with Crippen LogP contribution in [0, 0.1) is 6.92 Å². The minimum Gasteiger partial charge on any atom is -0.486 e. The van der Waals surface area contributed by atoms with Crippen LogP contribution >= 0.6 is 11.3 Å². The molecule has 0 saturated carbocycles. The molecule has 0 spiro atoms. The van der Waals surface area contributed by atoms with Crippen LogP contribution in [0.2, 0.25) is 0 Å². The topological polar surface area (TPSA) is 51.4 Å². The summed E-state index contributed by atoms with van der Waals surface area (Å²) in [5.41, 5.74) is 9.18. The Morgan fingerprint density at radius 2 is 2.17 bits per heavy atom. The number of nitrogen functional groups attached to an aromatic ring is 1. The van der Waals surface area contributed by atoms with E-state index >= 15 is 0 Å². The Kier molecular flexibility index (Phi) is 5.29. The number of benzene rings is 1. The van der Waals surface area contributed by atoms with E-state index in [1.54, 1.807) is 11.3 Å². The number of thiazole rings is 1. The van der Waals surface area contributed by atoms with Crippen LogP contribution < -0.4 is 15.4 Å². The van der Waals surface area contributed by atoms with Crippen LogP contribution in [0.1, 0.15) is 44.4 Å². The summed E-state index contributed by atoms with van der Waals surface area (Å²) in [5.74, 6) is 0.995. The Bertz CT molecular complexity index is 698. The van der Waals surface area contributed by atoms with Gasteiger partial charge in [-0.15, -0.1) is 11.3 Å². The van der Waals surface area contributed by atoms with Gasteiger partial charge in [0.05, 0.1) is 17.9 Å². The quantitative estimate of drug-likeness (QED) is 0.759. The number of fused-ring (bicyclic) bond motifs is 1. The highest BCUT2D eigenvalue weighted by molar-refractivity contribution is 7.15. The Hall–Kier alpha value is -1.75. The lowest BCUT2D eigenvalue weighted by atomic mass is 10.1. The molecule has 3 rings (SSSR count). The van der Waals surface area contributed by atoms with Gasteiger partial charge in [0.25, 0.3) is 0 Å². The van der Waals surface area contributed by atoms with Crippen LogP contribution in [0.25, 0.3) is 11.3 Å². The van der Waals surface area contributed by atoms with Crippen LogP contribution in [-0.2, 0) is 0 Å². The molecule has 0 aliphatic carbocycles. The highest BCUT2D eigenvalue weighted by Crippen LogP contribution is 2.39. The molecule has 1 aliphatic rings. The SMILES string of the molecule is CCCCCN1CC(CC)Oc2ccc(-c3nc(N)sc3C)cc21. The van der Waals surface area contributed by atoms with E-state index in [0.29, 0.717) is 5.13 Å². The van der Waals surface area contributed by atoms with E-state index in [4.69, 9.17) is 10.5 Å². The first kappa shape index (κ1) is 17.1. The third-order valence-electron chi connectivity index (χ3n) is 4.59. The summed E-state index contributed by atoms with van der Waals surface area (Å²) in [7, 11) is 0. The van der Waals surface area contributed by atoms with E-state index in [9.17, 15) is 0 Å². The van der Waals surface area contributed by atoms with E-state index in [0.717, 1.165) is 41.4 Å². The molecular formula is C19H27N3OS. The van der Waals surface area contributed by atoms with Crippen LogP contribution in [0.5, 0.6) is 5.75 Å². The van der Waals surface area contributed by atoms with E-state index in [1.165, 1.54) is 24.9 Å². The molecule has 0 amide bonds. The van der Waals surface area contributed by atoms with Crippen LogP contribution in [0.4, 0.5) is 10.8 Å². The van der Waals surface area contributed by atoms with Crippen molar-refractivity contribution in [2.75, 3.05) is 23.7 Å². The second-order valence-electron chi connectivity index (χ2n) is 6.44. The lowest BCUT2D eigenvalue weighted by Crippen LogP contribution is -2.40. The normalized spacial score (nSPS) is 16.8. The maximum Gasteiger partial charge on any atom is 0.180 e. The molecule has 24 heavy (non-hydrogen) atoms. The summed E-state index contributed by atoms with van der Waals surface area (Å²) in [6.07, 6.45) is 5.05. The van der Waals surface area contributed by atoms with Crippen molar-refractivity contribution in [3.8, 4) is 17.0 Å². The van der Waals surface area contributed by atoms with Crippen LogP contribution in [-0.4, -0.2) is 24.2 Å². The van der Waals surface area contributed by atoms with Gasteiger partial charge in [0.2, 0.25) is 0 Å². The van der Waals surface area contributed by atoms with Crippen molar-refractivity contribution in [3.63, 3.8) is 0 Å². The Labute approximate surface area is 148 Å². The average molecular weight is 346 g/mol. The fourth-order valence-electron chi connectivity index (χ4n) is 3.23. The average Bonchev–Trinajstić information content (AvgIpc) is 2.92. The zero-order chi connectivity index (χ0) is 17.1. The largest absolute Gasteiger partial charge is 0.486 e. The lowest BCUT2D eigenvalue weighted by Gasteiger charge is -2.36. The standard InChI is InChI=1S/C19H27N3OS/c1-4-6-7-10-22-12-15(5-2)23-17-9-8-14(11-16(17)22)18-13(3)24-19(20)21-18/h8-9,11,15H,4-7,10,12H2,1-3H3,(H2,20,21). The van der Waals surface area contributed by atoms with Crippen molar-refractivity contribution in [2.45, 2.75) is 52.6 Å². The predicted octanol–water partition coefficient (Wildman–Crippen LogP) is 4.87. The predicted molar refractivity (Wildman–Crippen MR) is 103 cm³/mol. The van der Waals surface area contributed by atoms with Gasteiger partial charge >= 0.3 is 0 Å². The third-order valence-corrected chi connectivity index (χ3v) is 5.39. The first-order valence-corrected chi connectivity index (χ1v) is 9.73. The third kappa shape index (κ3) is 3.51. The minimum atomic E-state index is 0.279. The number of aryl methyl sites for hydroxylation is 1. The van der Waals surface area contributed by atoms with Crippen molar-refractivity contribution in [1.82, 2.24) is 4.98 Å². The molecule has 1 atom stereocenters. The molecule has 0 fully saturated rings. The molecule has 1 unspecified atom stereocenters. The molecule has 1 aromatic heterocycles. The zero-order valence-corrected chi connectivity index (χ0v) is 15.7. The number of hydrogen-bond acceptors (Lipinski definition) is 5. The van der Waals surface area contributed by atoms with E-state index in [1.807, 2.05) is 0 Å². The fourth-order valence-corrected chi connectivity index (χ4v) is 3.94. The summed E-state index contributed by atoms with van der Waals surface area (Å²) in [4.78, 5) is 8.14. The van der Waals surface area contributed by atoms with Crippen LogP contribution in [0.15, 0.2) is 18.2 Å². The number of aromatic nitrogens is 1. The van der Waals surface area contributed by atoms with Gasteiger partial charge in [0.1, 0.15) is 11.9 Å². The van der Waals surface area contributed by atoms with Gasteiger partial charge in [-0.05, 0) is 38.0 Å². The second kappa shape index (κ2) is 7.43. The van der Waals surface area contributed by atoms with E-state index in [2.05, 4.69) is 48.9 Å². The van der Waals surface area contributed by atoms with Crippen molar-refractivity contribution in [1.29, 1.82) is 0 Å². The molecule has 0 radical (unpaired) electrons. The minimum absolute atomic E-state index is 0.279. The monoisotopic (exact) mass is 345 g/mol. The highest BCUT2D eigenvalue weighted by Gasteiger charge is 2.25. The van der Waals surface area contributed by atoms with E-state index in [-0.39, 0.29) is 6.10 Å². The Balaban J connectivity index is 1.92. The van der Waals surface area contributed by atoms with Crippen LogP contribution in [0.3, 0.4) is 0 Å². The summed E-state index contributed by atoms with van der Waals surface area (Å²) in [6.45, 7) is 8.56. The Morgan fingerprint density at radius 1 is 1.33 bits per heavy atom. The first-order chi connectivity index (χ1) is 11.6. The molecule has 5 heteroatoms. The van der Waals surface area contributed by atoms with Crippen molar-refractivity contribution in [2.24, 2.45) is 0 Å². The maximum atomic E-state index is 6.16. The fraction of sp³-hybridized carbons (Fsp3) is 0.526. The lowest BCUT2D eigenvalue weighted by molar-refractivity contribution is 0.189. The summed E-state index contributed by atoms with van der Waals surface area (Å²) in [5, 5.41) is 0.627. The molecule has 2 heterocycles. The second-order valence-corrected chi connectivity index (χ2v) is 7.68. The molecule has 0 bridgehead atoms. The molecule has 1 aromatic carbocycles. The number of nitrogens with zero attached hydrogens (tertiary/aromatic N) is 2. The molecule has 1 aliphatic heterocycles. The maximum absolute atomic E-state index is 6.16.